The van der Waals surface area contributed by atoms with Crippen LogP contribution in [0.25, 0.3) is 0 Å². The second-order valence-electron chi connectivity index (χ2n) is 2.06. The van der Waals surface area contributed by atoms with E-state index in [4.69, 9.17) is 5.26 Å². The van der Waals surface area contributed by atoms with Crippen molar-refractivity contribution in [2.75, 3.05) is 12.4 Å². The number of halogens is 1. The molecule has 0 atom stereocenters. The van der Waals surface area contributed by atoms with Gasteiger partial charge in [-0.2, -0.15) is 5.26 Å². The molecule has 3 heteroatoms. The molecule has 0 aliphatic heterocycles. The molecule has 0 aliphatic rings. The number of nitrogens with zero attached hydrogens (tertiary/aromatic N) is 1. The van der Waals surface area contributed by atoms with E-state index in [2.05, 4.69) is 5.32 Å². The maximum atomic E-state index is 12.7. The fraction of sp³-hybridized carbons (Fsp3) is 0.125. The first-order valence-electron chi connectivity index (χ1n) is 3.15. The van der Waals surface area contributed by atoms with E-state index in [1.54, 1.807) is 7.05 Å². The van der Waals surface area contributed by atoms with Gasteiger partial charge >= 0.3 is 0 Å². The van der Waals surface area contributed by atoms with Gasteiger partial charge in [-0.25, -0.2) is 4.39 Å². The summed E-state index contributed by atoms with van der Waals surface area (Å²) in [4.78, 5) is 0. The van der Waals surface area contributed by atoms with E-state index in [0.717, 1.165) is 0 Å². The van der Waals surface area contributed by atoms with Crippen LogP contribution in [0.1, 0.15) is 5.56 Å². The van der Waals surface area contributed by atoms with Gasteiger partial charge in [-0.15, -0.1) is 0 Å². The van der Waals surface area contributed by atoms with E-state index in [-0.39, 0.29) is 5.82 Å². The lowest BCUT2D eigenvalue weighted by atomic mass is 10.2. The minimum Gasteiger partial charge on any atom is -0.386 e. The summed E-state index contributed by atoms with van der Waals surface area (Å²) < 4.78 is 12.7. The third-order valence-corrected chi connectivity index (χ3v) is 1.36. The van der Waals surface area contributed by atoms with Crippen molar-refractivity contribution in [3.63, 3.8) is 0 Å². The van der Waals surface area contributed by atoms with Gasteiger partial charge in [0.05, 0.1) is 17.3 Å². The summed E-state index contributed by atoms with van der Waals surface area (Å²) in [5.74, 6) is -0.341. The van der Waals surface area contributed by atoms with Crippen molar-refractivity contribution in [1.82, 2.24) is 0 Å². The van der Waals surface area contributed by atoms with Crippen LogP contribution in [0.4, 0.5) is 10.1 Å². The molecule has 56 valence electrons. The van der Waals surface area contributed by atoms with E-state index in [1.807, 2.05) is 6.07 Å². The highest BCUT2D eigenvalue weighted by Crippen LogP contribution is 2.14. The van der Waals surface area contributed by atoms with Gasteiger partial charge in [0.1, 0.15) is 5.82 Å². The highest BCUT2D eigenvalue weighted by molar-refractivity contribution is 5.49. The van der Waals surface area contributed by atoms with Crippen LogP contribution < -0.4 is 5.32 Å². The molecule has 0 aromatic heterocycles. The smallest absolute Gasteiger partial charge is 0.146 e. The SMILES string of the molecule is CNc1cc(C#N)ccc1F. The van der Waals surface area contributed by atoms with Crippen LogP contribution in [-0.2, 0) is 0 Å². The summed E-state index contributed by atoms with van der Waals surface area (Å²) in [7, 11) is 1.61. The van der Waals surface area contributed by atoms with Crippen LogP contribution in [0.3, 0.4) is 0 Å². The summed E-state index contributed by atoms with van der Waals surface area (Å²) in [5, 5.41) is 11.1. The lowest BCUT2D eigenvalue weighted by Crippen LogP contribution is -1.92. The molecule has 1 aromatic rings. The minimum absolute atomic E-state index is 0.341. The molecule has 0 unspecified atom stereocenters. The first kappa shape index (κ1) is 7.55. The van der Waals surface area contributed by atoms with Crippen molar-refractivity contribution in [2.24, 2.45) is 0 Å². The van der Waals surface area contributed by atoms with Gasteiger partial charge in [-0.3, -0.25) is 0 Å². The molecule has 0 radical (unpaired) electrons. The van der Waals surface area contributed by atoms with Gasteiger partial charge in [-0.05, 0) is 18.2 Å². The Morgan fingerprint density at radius 3 is 2.82 bits per heavy atom. The number of nitrogens with one attached hydrogen (secondary N) is 1. The third kappa shape index (κ3) is 1.47. The topological polar surface area (TPSA) is 35.8 Å². The first-order valence-corrected chi connectivity index (χ1v) is 3.15. The van der Waals surface area contributed by atoms with Gasteiger partial charge in [0.2, 0.25) is 0 Å². The Morgan fingerprint density at radius 1 is 1.55 bits per heavy atom. The first-order chi connectivity index (χ1) is 5.27. The molecule has 0 saturated heterocycles. The van der Waals surface area contributed by atoms with E-state index in [0.29, 0.717) is 11.3 Å². The number of benzene rings is 1. The van der Waals surface area contributed by atoms with E-state index < -0.39 is 0 Å². The quantitative estimate of drug-likeness (QED) is 0.661. The largest absolute Gasteiger partial charge is 0.386 e. The summed E-state index contributed by atoms with van der Waals surface area (Å²) in [5.41, 5.74) is 0.805. The van der Waals surface area contributed by atoms with Crippen molar-refractivity contribution in [3.05, 3.63) is 29.6 Å². The van der Waals surface area contributed by atoms with Gasteiger partial charge < -0.3 is 5.32 Å². The molecule has 0 amide bonds. The van der Waals surface area contributed by atoms with Crippen LogP contribution in [-0.4, -0.2) is 7.05 Å². The van der Waals surface area contributed by atoms with Crippen LogP contribution in [0.5, 0.6) is 0 Å². The van der Waals surface area contributed by atoms with Crippen molar-refractivity contribution in [3.8, 4) is 6.07 Å². The standard InChI is InChI=1S/C8H7FN2/c1-11-8-4-6(5-10)2-3-7(8)9/h2-4,11H,1H3. The van der Waals surface area contributed by atoms with Crippen LogP contribution >= 0.6 is 0 Å². The average Bonchev–Trinajstić information content (AvgIpc) is 2.05. The minimum atomic E-state index is -0.341. The molecular weight excluding hydrogens is 143 g/mol. The van der Waals surface area contributed by atoms with Gasteiger partial charge in [0.15, 0.2) is 0 Å². The zero-order valence-corrected chi connectivity index (χ0v) is 6.06. The zero-order chi connectivity index (χ0) is 8.27. The third-order valence-electron chi connectivity index (χ3n) is 1.36. The molecule has 1 N–H and O–H groups in total. The molecule has 0 spiro atoms. The van der Waals surface area contributed by atoms with E-state index in [9.17, 15) is 4.39 Å². The maximum Gasteiger partial charge on any atom is 0.146 e. The molecule has 0 saturated carbocycles. The van der Waals surface area contributed by atoms with Crippen molar-refractivity contribution in [1.29, 1.82) is 5.26 Å². The molecular formula is C8H7FN2. The molecule has 11 heavy (non-hydrogen) atoms. The summed E-state index contributed by atoms with van der Waals surface area (Å²) in [6, 6.07) is 6.10. The number of nitriles is 1. The van der Waals surface area contributed by atoms with Crippen molar-refractivity contribution < 1.29 is 4.39 Å². The van der Waals surface area contributed by atoms with E-state index >= 15 is 0 Å². The molecule has 1 rings (SSSR count). The Bertz CT molecular complexity index is 301. The van der Waals surface area contributed by atoms with Gasteiger partial charge in [0, 0.05) is 7.05 Å². The number of hydrogen-bond acceptors (Lipinski definition) is 2. The zero-order valence-electron chi connectivity index (χ0n) is 6.06. The van der Waals surface area contributed by atoms with Crippen LogP contribution in [0, 0.1) is 17.1 Å². The number of hydrogen-bond donors (Lipinski definition) is 1. The fourth-order valence-electron chi connectivity index (χ4n) is 0.786. The monoisotopic (exact) mass is 150 g/mol. The second-order valence-corrected chi connectivity index (χ2v) is 2.06. The fourth-order valence-corrected chi connectivity index (χ4v) is 0.786. The highest BCUT2D eigenvalue weighted by Gasteiger charge is 1.99. The molecule has 0 fully saturated rings. The summed E-state index contributed by atoms with van der Waals surface area (Å²) >= 11 is 0. The summed E-state index contributed by atoms with van der Waals surface area (Å²) in [6.45, 7) is 0. The number of rotatable bonds is 1. The van der Waals surface area contributed by atoms with Crippen LogP contribution in [0.2, 0.25) is 0 Å². The molecule has 0 bridgehead atoms. The maximum absolute atomic E-state index is 12.7. The lowest BCUT2D eigenvalue weighted by Gasteiger charge is -2.00. The highest BCUT2D eigenvalue weighted by atomic mass is 19.1. The Labute approximate surface area is 64.3 Å². The normalized spacial score (nSPS) is 8.82. The predicted octanol–water partition coefficient (Wildman–Crippen LogP) is 1.74. The molecule has 0 aliphatic carbocycles. The molecule has 0 heterocycles. The Hall–Kier alpha value is -1.56. The Balaban J connectivity index is 3.15. The lowest BCUT2D eigenvalue weighted by molar-refractivity contribution is 0.631. The van der Waals surface area contributed by atoms with Crippen LogP contribution in [0.15, 0.2) is 18.2 Å². The summed E-state index contributed by atoms with van der Waals surface area (Å²) in [6.07, 6.45) is 0. The predicted molar refractivity (Wildman–Crippen MR) is 40.7 cm³/mol. The van der Waals surface area contributed by atoms with Gasteiger partial charge in [-0.1, -0.05) is 0 Å². The van der Waals surface area contributed by atoms with Gasteiger partial charge in [0.25, 0.3) is 0 Å². The molecule has 1 aromatic carbocycles. The Morgan fingerprint density at radius 2 is 2.27 bits per heavy atom. The van der Waals surface area contributed by atoms with E-state index in [1.165, 1.54) is 18.2 Å². The Kier molecular flexibility index (Phi) is 2.07. The average molecular weight is 150 g/mol. The number of anilines is 1. The van der Waals surface area contributed by atoms with Crippen molar-refractivity contribution in [2.45, 2.75) is 0 Å². The van der Waals surface area contributed by atoms with Crippen molar-refractivity contribution >= 4 is 5.69 Å². The second kappa shape index (κ2) is 3.02. The molecule has 2 nitrogen and oxygen atoms in total.